The van der Waals surface area contributed by atoms with Gasteiger partial charge in [0, 0.05) is 30.6 Å². The first-order valence-corrected chi connectivity index (χ1v) is 12.3. The summed E-state index contributed by atoms with van der Waals surface area (Å²) in [7, 11) is 0. The molecule has 31 heavy (non-hydrogen) atoms. The molecule has 3 aliphatic rings. The largest absolute Gasteiger partial charge is 0.353 e. The summed E-state index contributed by atoms with van der Waals surface area (Å²) in [6, 6.07) is 8.07. The van der Waals surface area contributed by atoms with Crippen LogP contribution in [0.15, 0.2) is 24.3 Å². The van der Waals surface area contributed by atoms with Gasteiger partial charge in [0.15, 0.2) is 0 Å². The standard InChI is InChI=1S/C24H35ClN4O2/c25-21-8-2-1-7-20(21)22(28-11-3-4-12-28)17-26-23(30)18-27-15-9-19(10-16-27)24(31)29-13-5-6-14-29/h1-2,7-8,19,22H,3-6,9-18H2,(H,26,30)/t22-/m1/s1. The Hall–Kier alpha value is -1.63. The summed E-state index contributed by atoms with van der Waals surface area (Å²) in [5, 5.41) is 3.92. The summed E-state index contributed by atoms with van der Waals surface area (Å²) in [6.07, 6.45) is 6.38. The van der Waals surface area contributed by atoms with Gasteiger partial charge in [-0.05, 0) is 76.3 Å². The number of nitrogens with zero attached hydrogens (tertiary/aromatic N) is 3. The molecule has 3 saturated heterocycles. The molecule has 0 bridgehead atoms. The van der Waals surface area contributed by atoms with Crippen LogP contribution in [0.2, 0.25) is 5.02 Å². The highest BCUT2D eigenvalue weighted by atomic mass is 35.5. The van der Waals surface area contributed by atoms with Gasteiger partial charge in [-0.1, -0.05) is 29.8 Å². The fraction of sp³-hybridized carbons (Fsp3) is 0.667. The highest BCUT2D eigenvalue weighted by Gasteiger charge is 2.31. The molecule has 0 aliphatic carbocycles. The Morgan fingerprint density at radius 1 is 0.968 bits per heavy atom. The molecule has 3 heterocycles. The molecule has 4 rings (SSSR count). The Kier molecular flexibility index (Phi) is 7.86. The van der Waals surface area contributed by atoms with Crippen LogP contribution >= 0.6 is 11.6 Å². The van der Waals surface area contributed by atoms with E-state index in [0.29, 0.717) is 19.0 Å². The van der Waals surface area contributed by atoms with E-state index in [9.17, 15) is 9.59 Å². The number of likely N-dealkylation sites (tertiary alicyclic amines) is 3. The number of hydrogen-bond acceptors (Lipinski definition) is 4. The van der Waals surface area contributed by atoms with E-state index in [4.69, 9.17) is 11.6 Å². The average Bonchev–Trinajstić information content (AvgIpc) is 3.50. The molecule has 1 N–H and O–H groups in total. The Balaban J connectivity index is 1.25. The Morgan fingerprint density at radius 2 is 1.61 bits per heavy atom. The van der Waals surface area contributed by atoms with E-state index < -0.39 is 0 Å². The number of hydrogen-bond donors (Lipinski definition) is 1. The van der Waals surface area contributed by atoms with Crippen molar-refractivity contribution < 1.29 is 9.59 Å². The maximum absolute atomic E-state index is 12.7. The number of piperidine rings is 1. The molecule has 3 fully saturated rings. The second-order valence-corrected chi connectivity index (χ2v) is 9.57. The van der Waals surface area contributed by atoms with Crippen LogP contribution in [0.3, 0.4) is 0 Å². The monoisotopic (exact) mass is 446 g/mol. The van der Waals surface area contributed by atoms with Crippen molar-refractivity contribution in [3.8, 4) is 0 Å². The summed E-state index contributed by atoms with van der Waals surface area (Å²) < 4.78 is 0. The molecule has 7 heteroatoms. The van der Waals surface area contributed by atoms with Gasteiger partial charge in [0.2, 0.25) is 11.8 Å². The van der Waals surface area contributed by atoms with Crippen LogP contribution in [-0.2, 0) is 9.59 Å². The summed E-state index contributed by atoms with van der Waals surface area (Å²) in [6.45, 7) is 6.55. The van der Waals surface area contributed by atoms with Gasteiger partial charge in [-0.15, -0.1) is 0 Å². The minimum Gasteiger partial charge on any atom is -0.353 e. The van der Waals surface area contributed by atoms with E-state index in [1.807, 2.05) is 23.1 Å². The molecule has 1 atom stereocenters. The summed E-state index contributed by atoms with van der Waals surface area (Å²) in [5.41, 5.74) is 1.09. The number of halogens is 1. The number of nitrogens with one attached hydrogen (secondary N) is 1. The molecule has 170 valence electrons. The zero-order valence-corrected chi connectivity index (χ0v) is 19.2. The van der Waals surface area contributed by atoms with Crippen LogP contribution in [0.25, 0.3) is 0 Å². The van der Waals surface area contributed by atoms with Crippen LogP contribution in [0.5, 0.6) is 0 Å². The zero-order valence-electron chi connectivity index (χ0n) is 18.4. The third-order valence-corrected chi connectivity index (χ3v) is 7.40. The van der Waals surface area contributed by atoms with E-state index in [2.05, 4.69) is 21.2 Å². The first-order valence-electron chi connectivity index (χ1n) is 11.9. The smallest absolute Gasteiger partial charge is 0.234 e. The Bertz CT molecular complexity index is 754. The van der Waals surface area contributed by atoms with E-state index in [-0.39, 0.29) is 17.9 Å². The van der Waals surface area contributed by atoms with Crippen molar-refractivity contribution in [2.24, 2.45) is 5.92 Å². The second-order valence-electron chi connectivity index (χ2n) is 9.17. The van der Waals surface area contributed by atoms with Crippen molar-refractivity contribution in [3.05, 3.63) is 34.9 Å². The second kappa shape index (κ2) is 10.8. The van der Waals surface area contributed by atoms with E-state index in [1.54, 1.807) is 0 Å². The van der Waals surface area contributed by atoms with Gasteiger partial charge in [0.05, 0.1) is 12.6 Å². The molecule has 6 nitrogen and oxygen atoms in total. The number of rotatable bonds is 7. The predicted molar refractivity (Wildman–Crippen MR) is 123 cm³/mol. The van der Waals surface area contributed by atoms with Crippen LogP contribution in [0.4, 0.5) is 0 Å². The molecule has 0 unspecified atom stereocenters. The normalized spacial score (nSPS) is 22.0. The van der Waals surface area contributed by atoms with Crippen molar-refractivity contribution in [2.45, 2.75) is 44.6 Å². The molecule has 0 aromatic heterocycles. The van der Waals surface area contributed by atoms with Crippen LogP contribution in [0, 0.1) is 5.92 Å². The van der Waals surface area contributed by atoms with Gasteiger partial charge in [0.25, 0.3) is 0 Å². The Morgan fingerprint density at radius 3 is 2.29 bits per heavy atom. The molecule has 0 saturated carbocycles. The lowest BCUT2D eigenvalue weighted by molar-refractivity contribution is -0.136. The number of carbonyl (C=O) groups excluding carboxylic acids is 2. The van der Waals surface area contributed by atoms with Crippen LogP contribution in [-0.4, -0.2) is 78.9 Å². The van der Waals surface area contributed by atoms with Crippen LogP contribution < -0.4 is 5.32 Å². The maximum Gasteiger partial charge on any atom is 0.234 e. The summed E-state index contributed by atoms with van der Waals surface area (Å²) in [5.74, 6) is 0.521. The fourth-order valence-electron chi connectivity index (χ4n) is 5.24. The van der Waals surface area contributed by atoms with Crippen molar-refractivity contribution in [1.29, 1.82) is 0 Å². The third kappa shape index (κ3) is 5.79. The zero-order chi connectivity index (χ0) is 21.6. The summed E-state index contributed by atoms with van der Waals surface area (Å²) in [4.78, 5) is 31.9. The first kappa shape index (κ1) is 22.6. The minimum absolute atomic E-state index is 0.0561. The molecule has 0 spiro atoms. The highest BCUT2D eigenvalue weighted by molar-refractivity contribution is 6.31. The predicted octanol–water partition coefficient (Wildman–Crippen LogP) is 2.93. The van der Waals surface area contributed by atoms with Gasteiger partial charge in [0.1, 0.15) is 0 Å². The minimum atomic E-state index is 0.0561. The Labute approximate surface area is 190 Å². The molecular weight excluding hydrogens is 412 g/mol. The van der Waals surface area contributed by atoms with Crippen molar-refractivity contribution >= 4 is 23.4 Å². The first-order chi connectivity index (χ1) is 15.1. The topological polar surface area (TPSA) is 55.9 Å². The van der Waals surface area contributed by atoms with E-state index in [1.165, 1.54) is 12.8 Å². The third-order valence-electron chi connectivity index (χ3n) is 7.06. The van der Waals surface area contributed by atoms with Crippen molar-refractivity contribution in [2.75, 3.05) is 52.4 Å². The van der Waals surface area contributed by atoms with Crippen molar-refractivity contribution in [1.82, 2.24) is 20.0 Å². The highest BCUT2D eigenvalue weighted by Crippen LogP contribution is 2.29. The van der Waals surface area contributed by atoms with Gasteiger partial charge >= 0.3 is 0 Å². The molecule has 0 radical (unpaired) electrons. The number of benzene rings is 1. The van der Waals surface area contributed by atoms with E-state index >= 15 is 0 Å². The SMILES string of the molecule is O=C(CN1CCC(C(=O)N2CCCC2)CC1)NC[C@H](c1ccccc1Cl)N1CCCC1. The maximum atomic E-state index is 12.7. The molecule has 1 aromatic carbocycles. The fourth-order valence-corrected chi connectivity index (χ4v) is 5.50. The van der Waals surface area contributed by atoms with Crippen molar-refractivity contribution in [3.63, 3.8) is 0 Å². The lowest BCUT2D eigenvalue weighted by Gasteiger charge is -2.33. The quantitative estimate of drug-likeness (QED) is 0.699. The molecule has 2 amide bonds. The number of carbonyl (C=O) groups is 2. The molecule has 3 aliphatic heterocycles. The van der Waals surface area contributed by atoms with Gasteiger partial charge in [-0.3, -0.25) is 19.4 Å². The molecular formula is C24H35ClN4O2. The lowest BCUT2D eigenvalue weighted by atomic mass is 9.95. The van der Waals surface area contributed by atoms with E-state index in [0.717, 1.165) is 75.5 Å². The average molecular weight is 447 g/mol. The number of amides is 2. The lowest BCUT2D eigenvalue weighted by Crippen LogP contribution is -2.46. The van der Waals surface area contributed by atoms with Crippen LogP contribution in [0.1, 0.15) is 50.1 Å². The van der Waals surface area contributed by atoms with Gasteiger partial charge in [-0.25, -0.2) is 0 Å². The summed E-state index contributed by atoms with van der Waals surface area (Å²) >= 11 is 6.48. The van der Waals surface area contributed by atoms with Gasteiger partial charge < -0.3 is 10.2 Å². The molecule has 1 aromatic rings. The van der Waals surface area contributed by atoms with Gasteiger partial charge in [-0.2, -0.15) is 0 Å².